The Balaban J connectivity index is 1.74. The van der Waals surface area contributed by atoms with Crippen LogP contribution in [-0.4, -0.2) is 28.6 Å². The molecule has 2 N–H and O–H groups in total. The Kier molecular flexibility index (Phi) is 7.30. The molecule has 0 bridgehead atoms. The summed E-state index contributed by atoms with van der Waals surface area (Å²) in [5, 5.41) is 12.9. The van der Waals surface area contributed by atoms with Crippen molar-refractivity contribution in [3.8, 4) is 5.75 Å². The molecule has 1 aromatic carbocycles. The normalized spacial score (nSPS) is 34.3. The largest absolute Gasteiger partial charge is 0.508 e. The lowest BCUT2D eigenvalue weighted by molar-refractivity contribution is -0.172. The first-order chi connectivity index (χ1) is 16.3. The number of hydrogen-bond acceptors (Lipinski definition) is 4. The molecule has 0 aromatic heterocycles. The van der Waals surface area contributed by atoms with Gasteiger partial charge in [-0.1, -0.05) is 68.7 Å². The topological polar surface area (TPSA) is 75.6 Å². The minimum Gasteiger partial charge on any atom is -0.508 e. The van der Waals surface area contributed by atoms with Gasteiger partial charge in [0.25, 0.3) is 5.91 Å². The van der Waals surface area contributed by atoms with E-state index in [-0.39, 0.29) is 35.5 Å². The van der Waals surface area contributed by atoms with Gasteiger partial charge in [0.15, 0.2) is 0 Å². The zero-order chi connectivity index (χ0) is 24.3. The maximum Gasteiger partial charge on any atom is 0.331 e. The molecule has 4 rings (SSSR count). The number of carbonyl (C=O) groups is 2. The lowest BCUT2D eigenvalue weighted by Crippen LogP contribution is -2.56. The van der Waals surface area contributed by atoms with Crippen molar-refractivity contribution in [2.75, 3.05) is 0 Å². The van der Waals surface area contributed by atoms with Gasteiger partial charge in [0.2, 0.25) is 5.60 Å². The zero-order valence-electron chi connectivity index (χ0n) is 20.5. The average Bonchev–Trinajstić information content (AvgIpc) is 3.07. The number of phenols is 1. The highest BCUT2D eigenvalue weighted by atomic mass is 16.6. The third-order valence-corrected chi connectivity index (χ3v) is 7.91. The zero-order valence-corrected chi connectivity index (χ0v) is 20.5. The van der Waals surface area contributed by atoms with Crippen molar-refractivity contribution < 1.29 is 19.4 Å². The van der Waals surface area contributed by atoms with Crippen LogP contribution in [0.15, 0.2) is 60.2 Å². The van der Waals surface area contributed by atoms with Crippen molar-refractivity contribution in [2.45, 2.75) is 70.9 Å². The molecular formula is C29H37NO4. The molecule has 1 amide bonds. The summed E-state index contributed by atoms with van der Waals surface area (Å²) >= 11 is 0. The molecule has 1 spiro atoms. The maximum absolute atomic E-state index is 13.7. The first-order valence-electron chi connectivity index (χ1n) is 12.6. The first-order valence-corrected chi connectivity index (χ1v) is 12.6. The highest BCUT2D eigenvalue weighted by Gasteiger charge is 2.64. The van der Waals surface area contributed by atoms with Crippen molar-refractivity contribution in [3.05, 3.63) is 65.8 Å². The molecule has 1 aromatic rings. The Labute approximate surface area is 203 Å². The molecule has 3 aliphatic rings. The van der Waals surface area contributed by atoms with Gasteiger partial charge in [-0.05, 0) is 62.1 Å². The van der Waals surface area contributed by atoms with Crippen LogP contribution in [0.3, 0.4) is 0 Å². The van der Waals surface area contributed by atoms with Crippen LogP contribution in [-0.2, 0) is 20.7 Å². The summed E-state index contributed by atoms with van der Waals surface area (Å²) in [5.74, 6) is -0.318. The second-order valence-corrected chi connectivity index (χ2v) is 10.4. The second-order valence-electron chi connectivity index (χ2n) is 10.4. The predicted octanol–water partition coefficient (Wildman–Crippen LogP) is 5.26. The van der Waals surface area contributed by atoms with E-state index in [1.54, 1.807) is 12.1 Å². The molecule has 6 unspecified atom stereocenters. The van der Waals surface area contributed by atoms with E-state index in [1.165, 1.54) is 11.6 Å². The number of amides is 1. The summed E-state index contributed by atoms with van der Waals surface area (Å²) in [4.78, 5) is 26.7. The van der Waals surface area contributed by atoms with E-state index in [1.807, 2.05) is 18.2 Å². The van der Waals surface area contributed by atoms with E-state index in [0.717, 1.165) is 37.7 Å². The minimum absolute atomic E-state index is 0.0697. The molecule has 182 valence electrons. The number of rotatable bonds is 2. The second kappa shape index (κ2) is 10.2. The Morgan fingerprint density at radius 3 is 2.65 bits per heavy atom. The molecule has 2 heterocycles. The third kappa shape index (κ3) is 4.84. The smallest absolute Gasteiger partial charge is 0.331 e. The summed E-state index contributed by atoms with van der Waals surface area (Å²) in [6, 6.07) is 6.90. The van der Waals surface area contributed by atoms with Crippen LogP contribution in [0.5, 0.6) is 5.75 Å². The summed E-state index contributed by atoms with van der Waals surface area (Å²) in [6.07, 6.45) is 15.5. The van der Waals surface area contributed by atoms with Gasteiger partial charge in [-0.2, -0.15) is 0 Å². The number of phenolic OH excluding ortho intramolecular Hbond substituents is 1. The third-order valence-electron chi connectivity index (χ3n) is 7.91. The lowest BCUT2D eigenvalue weighted by atomic mass is 9.63. The number of carbonyl (C=O) groups excluding carboxylic acids is 2. The van der Waals surface area contributed by atoms with Crippen LogP contribution in [0.1, 0.15) is 58.4 Å². The average molecular weight is 464 g/mol. The van der Waals surface area contributed by atoms with Gasteiger partial charge in [-0.3, -0.25) is 4.79 Å². The SMILES string of the molecule is CC1=CC2C=CCC(C)CCCCC=CC(=O)OC23C(=O)NC(Cc2ccc(O)cc2)C3C1C. The molecule has 1 aliphatic carbocycles. The summed E-state index contributed by atoms with van der Waals surface area (Å²) in [7, 11) is 0. The van der Waals surface area contributed by atoms with Gasteiger partial charge in [-0.15, -0.1) is 0 Å². The van der Waals surface area contributed by atoms with Gasteiger partial charge >= 0.3 is 5.97 Å². The van der Waals surface area contributed by atoms with Gasteiger partial charge in [0, 0.05) is 24.0 Å². The van der Waals surface area contributed by atoms with Crippen molar-refractivity contribution in [3.63, 3.8) is 0 Å². The number of esters is 1. The molecule has 0 saturated carbocycles. The number of benzene rings is 1. The van der Waals surface area contributed by atoms with Crippen LogP contribution < -0.4 is 5.32 Å². The van der Waals surface area contributed by atoms with Crippen LogP contribution in [0, 0.1) is 23.7 Å². The Hall–Kier alpha value is -2.82. The van der Waals surface area contributed by atoms with Crippen LogP contribution >= 0.6 is 0 Å². The predicted molar refractivity (Wildman–Crippen MR) is 133 cm³/mol. The van der Waals surface area contributed by atoms with Crippen molar-refractivity contribution in [1.82, 2.24) is 5.32 Å². The van der Waals surface area contributed by atoms with E-state index in [0.29, 0.717) is 12.3 Å². The molecular weight excluding hydrogens is 426 g/mol. The highest BCUT2D eigenvalue weighted by molar-refractivity contribution is 5.94. The van der Waals surface area contributed by atoms with Crippen molar-refractivity contribution in [2.24, 2.45) is 23.7 Å². The molecule has 5 heteroatoms. The molecule has 0 radical (unpaired) electrons. The number of hydrogen-bond donors (Lipinski definition) is 2. The Morgan fingerprint density at radius 2 is 1.88 bits per heavy atom. The molecule has 1 fully saturated rings. The van der Waals surface area contributed by atoms with E-state index in [9.17, 15) is 14.7 Å². The molecule has 5 nitrogen and oxygen atoms in total. The van der Waals surface area contributed by atoms with Gasteiger partial charge in [0.05, 0.1) is 0 Å². The molecule has 2 aliphatic heterocycles. The fourth-order valence-corrected chi connectivity index (χ4v) is 5.91. The van der Waals surface area contributed by atoms with Crippen molar-refractivity contribution >= 4 is 11.9 Å². The van der Waals surface area contributed by atoms with E-state index >= 15 is 0 Å². The summed E-state index contributed by atoms with van der Waals surface area (Å²) in [6.45, 7) is 6.50. The van der Waals surface area contributed by atoms with Gasteiger partial charge in [-0.25, -0.2) is 4.79 Å². The molecule has 6 atom stereocenters. The van der Waals surface area contributed by atoms with E-state index < -0.39 is 11.6 Å². The Bertz CT molecular complexity index is 992. The lowest BCUT2D eigenvalue weighted by Gasteiger charge is -2.44. The monoisotopic (exact) mass is 463 g/mol. The van der Waals surface area contributed by atoms with E-state index in [4.69, 9.17) is 4.74 Å². The maximum atomic E-state index is 13.7. The minimum atomic E-state index is -1.27. The molecule has 34 heavy (non-hydrogen) atoms. The molecule has 1 saturated heterocycles. The number of allylic oxidation sites excluding steroid dienone is 3. The standard InChI is InChI=1S/C29H37NO4/c1-19-9-6-4-5-7-12-26(32)34-29-23(11-8-10-19)17-20(2)21(3)27(29)25(30-28(29)33)18-22-13-15-24(31)16-14-22/h7-8,11-17,19,21,23,25,27,31H,4-6,9-10,18H2,1-3H3,(H,30,33). The van der Waals surface area contributed by atoms with Crippen molar-refractivity contribution in [1.29, 1.82) is 0 Å². The summed E-state index contributed by atoms with van der Waals surface area (Å²) < 4.78 is 6.18. The quantitative estimate of drug-likeness (QED) is 0.464. The fourth-order valence-electron chi connectivity index (χ4n) is 5.91. The van der Waals surface area contributed by atoms with Crippen LogP contribution in [0.4, 0.5) is 0 Å². The number of aromatic hydroxyl groups is 1. The fraction of sp³-hybridized carbons (Fsp3) is 0.517. The Morgan fingerprint density at radius 1 is 1.12 bits per heavy atom. The van der Waals surface area contributed by atoms with Crippen LogP contribution in [0.2, 0.25) is 0 Å². The van der Waals surface area contributed by atoms with E-state index in [2.05, 4.69) is 44.3 Å². The summed E-state index contributed by atoms with van der Waals surface area (Å²) in [5.41, 5.74) is 0.960. The van der Waals surface area contributed by atoms with Gasteiger partial charge < -0.3 is 15.2 Å². The first kappa shape index (κ1) is 24.3. The number of nitrogens with one attached hydrogen (secondary N) is 1. The highest BCUT2D eigenvalue weighted by Crippen LogP contribution is 2.50. The van der Waals surface area contributed by atoms with Crippen LogP contribution in [0.25, 0.3) is 0 Å². The number of ether oxygens (including phenoxy) is 1. The van der Waals surface area contributed by atoms with Gasteiger partial charge in [0.1, 0.15) is 5.75 Å².